The van der Waals surface area contributed by atoms with Crippen LogP contribution in [0.5, 0.6) is 0 Å². The summed E-state index contributed by atoms with van der Waals surface area (Å²) >= 11 is 0. The monoisotopic (exact) mass is 449 g/mol. The topological polar surface area (TPSA) is 68.0 Å². The number of alkyl halides is 3. The molecular weight excluding hydrogens is 419 g/mol. The van der Waals surface area contributed by atoms with Gasteiger partial charge in [0.2, 0.25) is 0 Å². The average Bonchev–Trinajstić information content (AvgIpc) is 3.59. The van der Waals surface area contributed by atoms with E-state index < -0.39 is 17.5 Å². The molecule has 0 saturated heterocycles. The Morgan fingerprint density at radius 2 is 1.72 bits per heavy atom. The lowest BCUT2D eigenvalue weighted by molar-refractivity contribution is -0.141. The van der Waals surface area contributed by atoms with Crippen molar-refractivity contribution >= 4 is 16.9 Å². The fourth-order valence-electron chi connectivity index (χ4n) is 5.18. The minimum absolute atomic E-state index is 0.121. The van der Waals surface area contributed by atoms with Gasteiger partial charge in [-0.25, -0.2) is 9.97 Å². The zero-order chi connectivity index (χ0) is 22.5. The molecule has 0 unspecified atom stereocenters. The second kappa shape index (κ2) is 8.12. The van der Waals surface area contributed by atoms with E-state index in [0.29, 0.717) is 42.3 Å². The highest BCUT2D eigenvalue weighted by atomic mass is 19.4. The number of halogens is 3. The molecule has 3 aliphatic carbocycles. The lowest BCUT2D eigenvalue weighted by Gasteiger charge is -2.29. The van der Waals surface area contributed by atoms with Gasteiger partial charge in [-0.3, -0.25) is 4.79 Å². The molecule has 3 aliphatic rings. The third-order valence-electron chi connectivity index (χ3n) is 7.50. The number of unbranched alkanes of at least 4 members (excludes halogenated alkanes) is 1. The van der Waals surface area contributed by atoms with Gasteiger partial charge >= 0.3 is 6.18 Å². The Morgan fingerprint density at radius 3 is 2.28 bits per heavy atom. The fourth-order valence-corrected chi connectivity index (χ4v) is 5.18. The van der Waals surface area contributed by atoms with Crippen LogP contribution in [0.4, 0.5) is 13.2 Å². The van der Waals surface area contributed by atoms with E-state index in [1.54, 1.807) is 0 Å². The summed E-state index contributed by atoms with van der Waals surface area (Å²) in [7, 11) is 0. The van der Waals surface area contributed by atoms with Crippen LogP contribution in [-0.2, 0) is 17.4 Å². The largest absolute Gasteiger partial charge is 0.433 e. The molecule has 0 bridgehead atoms. The maximum atomic E-state index is 13.2. The van der Waals surface area contributed by atoms with Crippen LogP contribution in [0.15, 0.2) is 12.1 Å². The third-order valence-corrected chi connectivity index (χ3v) is 7.50. The predicted octanol–water partition coefficient (Wildman–Crippen LogP) is 5.40. The minimum Gasteiger partial charge on any atom is -0.389 e. The zero-order valence-corrected chi connectivity index (χ0v) is 18.2. The van der Waals surface area contributed by atoms with Crippen molar-refractivity contribution in [3.8, 4) is 0 Å². The van der Waals surface area contributed by atoms with E-state index in [1.165, 1.54) is 6.07 Å². The number of fused-ring (bicyclic) bond motifs is 1. The Hall–Kier alpha value is -1.96. The van der Waals surface area contributed by atoms with Crippen LogP contribution >= 0.6 is 0 Å². The number of aliphatic hydroxyl groups is 1. The van der Waals surface area contributed by atoms with Crippen molar-refractivity contribution in [2.75, 3.05) is 0 Å². The number of aryl methyl sites for hydroxylation is 1. The Bertz CT molecular complexity index is 992. The molecule has 32 heavy (non-hydrogen) atoms. The first-order valence-corrected chi connectivity index (χ1v) is 11.9. The molecule has 0 aliphatic heterocycles. The Balaban J connectivity index is 1.22. The van der Waals surface area contributed by atoms with E-state index in [-0.39, 0.29) is 18.2 Å². The molecule has 3 fully saturated rings. The van der Waals surface area contributed by atoms with Gasteiger partial charge in [0.05, 0.1) is 5.60 Å². The molecule has 0 atom stereocenters. The zero-order valence-electron chi connectivity index (χ0n) is 18.2. The highest BCUT2D eigenvalue weighted by molar-refractivity contribution is 5.79. The van der Waals surface area contributed by atoms with Crippen LogP contribution in [0.3, 0.4) is 0 Å². The summed E-state index contributed by atoms with van der Waals surface area (Å²) in [6, 6.07) is 2.55. The molecule has 5 rings (SSSR count). The Morgan fingerprint density at radius 1 is 1.03 bits per heavy atom. The third kappa shape index (κ3) is 4.30. The lowest BCUT2D eigenvalue weighted by Crippen LogP contribution is -2.36. The molecule has 1 N–H and O–H groups in total. The van der Waals surface area contributed by atoms with E-state index >= 15 is 0 Å². The Kier molecular flexibility index (Phi) is 5.55. The molecule has 2 aromatic rings. The molecule has 3 saturated carbocycles. The van der Waals surface area contributed by atoms with E-state index in [9.17, 15) is 23.1 Å². The number of ketones is 1. The van der Waals surface area contributed by atoms with E-state index in [2.05, 4.69) is 9.97 Å². The van der Waals surface area contributed by atoms with Gasteiger partial charge in [0.1, 0.15) is 22.8 Å². The quantitative estimate of drug-likeness (QED) is 0.493. The number of hydrogen-bond donors (Lipinski definition) is 1. The molecule has 2 heterocycles. The van der Waals surface area contributed by atoms with Crippen LogP contribution in [-0.4, -0.2) is 31.0 Å². The van der Waals surface area contributed by atoms with Gasteiger partial charge < -0.3 is 9.67 Å². The summed E-state index contributed by atoms with van der Waals surface area (Å²) in [6.07, 6.45) is 5.29. The standard InChI is InChI=1S/C24H30F3N3O2/c25-24(26,27)20-13-12-19-22(29-20)30(17-4-3-5-17)21(28-19)7-2-1-6-18(31)14-23(32,15-8-9-15)16-10-11-16/h12-13,15-17,32H,1-11,14H2. The van der Waals surface area contributed by atoms with Crippen molar-refractivity contribution in [1.82, 2.24) is 14.5 Å². The summed E-state index contributed by atoms with van der Waals surface area (Å²) in [4.78, 5) is 21.0. The molecule has 5 nitrogen and oxygen atoms in total. The molecular formula is C24H30F3N3O2. The molecule has 0 radical (unpaired) electrons. The summed E-state index contributed by atoms with van der Waals surface area (Å²) in [5.41, 5.74) is -0.859. The van der Waals surface area contributed by atoms with Gasteiger partial charge in [0, 0.05) is 25.3 Å². The smallest absolute Gasteiger partial charge is 0.389 e. The van der Waals surface area contributed by atoms with Crippen LogP contribution in [0.1, 0.15) is 88.2 Å². The van der Waals surface area contributed by atoms with Crippen molar-refractivity contribution in [3.05, 3.63) is 23.7 Å². The van der Waals surface area contributed by atoms with Gasteiger partial charge in [0.15, 0.2) is 5.65 Å². The minimum atomic E-state index is -4.48. The number of pyridine rings is 1. The first-order valence-electron chi connectivity index (χ1n) is 11.9. The molecule has 0 aromatic carbocycles. The summed E-state index contributed by atoms with van der Waals surface area (Å²) in [6.45, 7) is 0. The van der Waals surface area contributed by atoms with E-state index in [1.807, 2.05) is 4.57 Å². The number of carbonyl (C=O) groups excluding carboxylic acids is 1. The average molecular weight is 450 g/mol. The highest BCUT2D eigenvalue weighted by Gasteiger charge is 2.53. The normalized spacial score (nSPS) is 20.0. The number of Topliss-reactive ketones (excluding diaryl/α,β-unsaturated/α-hetero) is 1. The van der Waals surface area contributed by atoms with Gasteiger partial charge in [-0.05, 0) is 81.8 Å². The van der Waals surface area contributed by atoms with Crippen LogP contribution in [0.2, 0.25) is 0 Å². The highest BCUT2D eigenvalue weighted by Crippen LogP contribution is 2.53. The maximum Gasteiger partial charge on any atom is 0.433 e. The molecule has 0 spiro atoms. The molecule has 0 amide bonds. The maximum absolute atomic E-state index is 13.2. The van der Waals surface area contributed by atoms with Gasteiger partial charge in [-0.2, -0.15) is 13.2 Å². The summed E-state index contributed by atoms with van der Waals surface area (Å²) in [5, 5.41) is 11.0. The SMILES string of the molecule is O=C(CCCCc1nc2ccc(C(F)(F)F)nc2n1C1CCC1)CC(O)(C1CC1)C1CC1. The summed E-state index contributed by atoms with van der Waals surface area (Å²) < 4.78 is 41.4. The van der Waals surface area contributed by atoms with Crippen LogP contribution in [0.25, 0.3) is 11.2 Å². The number of imidazole rings is 1. The Labute approximate surface area is 185 Å². The molecule has 2 aromatic heterocycles. The van der Waals surface area contributed by atoms with Crippen molar-refractivity contribution in [3.63, 3.8) is 0 Å². The van der Waals surface area contributed by atoms with E-state index in [4.69, 9.17) is 0 Å². The second-order valence-corrected chi connectivity index (χ2v) is 9.98. The number of hydrogen-bond acceptors (Lipinski definition) is 4. The van der Waals surface area contributed by atoms with Crippen molar-refractivity contribution in [2.24, 2.45) is 11.8 Å². The number of rotatable bonds is 10. The number of aromatic nitrogens is 3. The summed E-state index contributed by atoms with van der Waals surface area (Å²) in [5.74, 6) is 1.48. The van der Waals surface area contributed by atoms with Gasteiger partial charge in [0.25, 0.3) is 0 Å². The lowest BCUT2D eigenvalue weighted by atomic mass is 9.85. The molecule has 8 heteroatoms. The van der Waals surface area contributed by atoms with Gasteiger partial charge in [-0.15, -0.1) is 0 Å². The predicted molar refractivity (Wildman–Crippen MR) is 113 cm³/mol. The van der Waals surface area contributed by atoms with Crippen molar-refractivity contribution in [2.45, 2.75) is 94.9 Å². The first kappa shape index (κ1) is 21.9. The van der Waals surface area contributed by atoms with Crippen LogP contribution in [0, 0.1) is 11.8 Å². The van der Waals surface area contributed by atoms with Gasteiger partial charge in [-0.1, -0.05) is 0 Å². The second-order valence-electron chi connectivity index (χ2n) is 9.98. The first-order chi connectivity index (χ1) is 15.3. The fraction of sp³-hybridized carbons (Fsp3) is 0.708. The van der Waals surface area contributed by atoms with Crippen LogP contribution < -0.4 is 0 Å². The molecule has 174 valence electrons. The van der Waals surface area contributed by atoms with E-state index in [0.717, 1.165) is 63.3 Å². The van der Waals surface area contributed by atoms with Crippen molar-refractivity contribution in [1.29, 1.82) is 0 Å². The number of nitrogens with zero attached hydrogens (tertiary/aromatic N) is 3. The number of carbonyl (C=O) groups is 1. The van der Waals surface area contributed by atoms with Crippen molar-refractivity contribution < 1.29 is 23.1 Å².